The van der Waals surface area contributed by atoms with Gasteiger partial charge in [0.15, 0.2) is 0 Å². The Morgan fingerprint density at radius 1 is 0.490 bits per heavy atom. The predicted molar refractivity (Wildman–Crippen MR) is 216 cm³/mol. The minimum absolute atomic E-state index is 0.0849. The van der Waals surface area contributed by atoms with Crippen molar-refractivity contribution in [1.82, 2.24) is 5.32 Å². The summed E-state index contributed by atoms with van der Waals surface area (Å²) in [4.78, 5) is 12.4. The van der Waals surface area contributed by atoms with Crippen LogP contribution in [0.3, 0.4) is 0 Å². The van der Waals surface area contributed by atoms with Crippen LogP contribution in [0.2, 0.25) is 0 Å². The maximum absolute atomic E-state index is 12.4. The maximum Gasteiger partial charge on any atom is 0.220 e. The lowest BCUT2D eigenvalue weighted by Crippen LogP contribution is -2.45. The van der Waals surface area contributed by atoms with Crippen LogP contribution in [0, 0.1) is 0 Å². The lowest BCUT2D eigenvalue weighted by atomic mass is 10.1. The minimum Gasteiger partial charge on any atom is -0.394 e. The van der Waals surface area contributed by atoms with Crippen LogP contribution in [-0.2, 0) is 4.79 Å². The molecule has 0 rings (SSSR count). The van der Waals surface area contributed by atoms with E-state index in [9.17, 15) is 15.0 Å². The number of aliphatic hydroxyl groups is 2. The Balaban J connectivity index is 3.67. The van der Waals surface area contributed by atoms with Gasteiger partial charge in [0.25, 0.3) is 0 Å². The monoisotopic (exact) mass is 684 g/mol. The summed E-state index contributed by atoms with van der Waals surface area (Å²) in [6.07, 6.45) is 56.0. The highest BCUT2D eigenvalue weighted by atomic mass is 16.3. The Bertz CT molecular complexity index is 827. The first-order valence-electron chi connectivity index (χ1n) is 21.0. The van der Waals surface area contributed by atoms with Crippen molar-refractivity contribution in [1.29, 1.82) is 0 Å². The number of rotatable bonds is 37. The molecule has 2 unspecified atom stereocenters. The highest BCUT2D eigenvalue weighted by Gasteiger charge is 2.17. The quantitative estimate of drug-likeness (QED) is 0.0451. The Morgan fingerprint density at radius 2 is 0.857 bits per heavy atom. The molecule has 3 N–H and O–H groups in total. The molecule has 0 spiro atoms. The van der Waals surface area contributed by atoms with E-state index in [1.165, 1.54) is 135 Å². The van der Waals surface area contributed by atoms with Gasteiger partial charge < -0.3 is 15.5 Å². The predicted octanol–water partition coefficient (Wildman–Crippen LogP) is 13.0. The number of carbonyl (C=O) groups is 1. The van der Waals surface area contributed by atoms with Crippen molar-refractivity contribution in [2.24, 2.45) is 0 Å². The van der Waals surface area contributed by atoms with Gasteiger partial charge in [0.2, 0.25) is 5.91 Å². The summed E-state index contributed by atoms with van der Waals surface area (Å²) in [5.74, 6) is -0.0849. The molecule has 1 amide bonds. The lowest BCUT2D eigenvalue weighted by Gasteiger charge is -2.19. The molecule has 0 aliphatic rings. The summed E-state index contributed by atoms with van der Waals surface area (Å²) in [5.41, 5.74) is 0. The number of hydrogen-bond acceptors (Lipinski definition) is 3. The molecule has 0 saturated carbocycles. The average molecular weight is 684 g/mol. The van der Waals surface area contributed by atoms with Crippen LogP contribution in [0.1, 0.15) is 200 Å². The van der Waals surface area contributed by atoms with Crippen molar-refractivity contribution in [3.63, 3.8) is 0 Å². The molecule has 284 valence electrons. The second-order valence-corrected chi connectivity index (χ2v) is 14.0. The van der Waals surface area contributed by atoms with Gasteiger partial charge in [0, 0.05) is 6.42 Å². The van der Waals surface area contributed by atoms with Crippen LogP contribution >= 0.6 is 0 Å². The Kier molecular flexibility index (Phi) is 38.9. The molecular formula is C45H81NO3. The van der Waals surface area contributed by atoms with Gasteiger partial charge >= 0.3 is 0 Å². The van der Waals surface area contributed by atoms with Gasteiger partial charge in [-0.25, -0.2) is 0 Å². The zero-order valence-electron chi connectivity index (χ0n) is 32.4. The van der Waals surface area contributed by atoms with Crippen molar-refractivity contribution in [2.45, 2.75) is 212 Å². The first kappa shape index (κ1) is 47.1. The van der Waals surface area contributed by atoms with Crippen LogP contribution in [0.25, 0.3) is 0 Å². The largest absolute Gasteiger partial charge is 0.394 e. The number of hydrogen-bond donors (Lipinski definition) is 3. The Hall–Kier alpha value is -1.91. The molecule has 0 aromatic heterocycles. The topological polar surface area (TPSA) is 69.6 Å². The first-order chi connectivity index (χ1) is 24.2. The molecule has 0 bridgehead atoms. The van der Waals surface area contributed by atoms with Crippen LogP contribution in [-0.4, -0.2) is 34.9 Å². The fourth-order valence-electron chi connectivity index (χ4n) is 5.94. The molecule has 0 aromatic carbocycles. The van der Waals surface area contributed by atoms with Crippen molar-refractivity contribution < 1.29 is 15.0 Å². The summed E-state index contributed by atoms with van der Waals surface area (Å²) in [7, 11) is 0. The van der Waals surface area contributed by atoms with Crippen LogP contribution < -0.4 is 5.32 Å². The van der Waals surface area contributed by atoms with Gasteiger partial charge in [-0.1, -0.05) is 177 Å². The van der Waals surface area contributed by atoms with Gasteiger partial charge in [0.05, 0.1) is 18.8 Å². The zero-order chi connectivity index (χ0) is 35.7. The van der Waals surface area contributed by atoms with Crippen LogP contribution in [0.15, 0.2) is 60.8 Å². The van der Waals surface area contributed by atoms with Crippen molar-refractivity contribution in [3.05, 3.63) is 60.8 Å². The van der Waals surface area contributed by atoms with E-state index in [0.29, 0.717) is 6.42 Å². The first-order valence-corrected chi connectivity index (χ1v) is 21.0. The summed E-state index contributed by atoms with van der Waals surface area (Å²) >= 11 is 0. The van der Waals surface area contributed by atoms with E-state index in [1.54, 1.807) is 6.08 Å². The lowest BCUT2D eigenvalue weighted by molar-refractivity contribution is -0.123. The molecule has 0 heterocycles. The van der Waals surface area contributed by atoms with E-state index in [0.717, 1.165) is 44.9 Å². The number of unbranched alkanes of at least 4 members (excludes halogenated alkanes) is 22. The van der Waals surface area contributed by atoms with E-state index in [-0.39, 0.29) is 12.5 Å². The highest BCUT2D eigenvalue weighted by Crippen LogP contribution is 2.13. The average Bonchev–Trinajstić information content (AvgIpc) is 3.10. The zero-order valence-corrected chi connectivity index (χ0v) is 32.4. The smallest absolute Gasteiger partial charge is 0.220 e. The third kappa shape index (κ3) is 37.2. The molecule has 0 saturated heterocycles. The molecule has 4 heteroatoms. The Morgan fingerprint density at radius 3 is 1.31 bits per heavy atom. The summed E-state index contributed by atoms with van der Waals surface area (Å²) < 4.78 is 0. The number of allylic oxidation sites excluding steroid dienone is 9. The minimum atomic E-state index is -0.873. The fourth-order valence-corrected chi connectivity index (χ4v) is 5.94. The molecule has 2 atom stereocenters. The number of carbonyl (C=O) groups excluding carboxylic acids is 1. The van der Waals surface area contributed by atoms with E-state index >= 15 is 0 Å². The highest BCUT2D eigenvalue weighted by molar-refractivity contribution is 5.76. The van der Waals surface area contributed by atoms with Crippen molar-refractivity contribution >= 4 is 5.91 Å². The summed E-state index contributed by atoms with van der Waals surface area (Å²) in [6, 6.07) is -0.648. The maximum atomic E-state index is 12.4. The van der Waals surface area contributed by atoms with Gasteiger partial charge in [0.1, 0.15) is 0 Å². The second-order valence-electron chi connectivity index (χ2n) is 14.0. The molecular weight excluding hydrogens is 602 g/mol. The Labute approximate surface area is 305 Å². The molecule has 4 nitrogen and oxygen atoms in total. The summed E-state index contributed by atoms with van der Waals surface area (Å²) in [5, 5.41) is 22.9. The van der Waals surface area contributed by atoms with Gasteiger partial charge in [-0.3, -0.25) is 4.79 Å². The van der Waals surface area contributed by atoms with E-state index in [4.69, 9.17) is 0 Å². The molecule has 49 heavy (non-hydrogen) atoms. The standard InChI is InChI=1S/C45H81NO3/c1-3-5-7-9-11-13-15-17-19-21-22-23-24-25-27-29-31-33-35-37-39-41-45(49)46-43(42-47)44(48)40-38-36-34-32-30-28-26-20-18-16-14-12-10-8-6-4-2/h15,17-18,20-22,30,32,38,40,43-44,47-48H,3-14,16,19,23-29,31,33-37,39,41-42H2,1-2H3,(H,46,49)/b17-15-,20-18+,22-21-,32-30+,40-38+. The third-order valence-electron chi connectivity index (χ3n) is 9.20. The summed E-state index contributed by atoms with van der Waals surface area (Å²) in [6.45, 7) is 4.26. The van der Waals surface area contributed by atoms with Crippen LogP contribution in [0.4, 0.5) is 0 Å². The molecule has 0 radical (unpaired) electrons. The van der Waals surface area contributed by atoms with Gasteiger partial charge in [-0.2, -0.15) is 0 Å². The SMILES string of the molecule is CCCCCCC/C=C\C/C=C\CCCCCCCCCCCC(=O)NC(CO)C(O)/C=C/CC/C=C/CC/C=C/CCCCCCCC. The number of aliphatic hydroxyl groups excluding tert-OH is 2. The van der Waals surface area contributed by atoms with Gasteiger partial charge in [-0.15, -0.1) is 0 Å². The van der Waals surface area contributed by atoms with E-state index in [2.05, 4.69) is 67.8 Å². The molecule has 0 aliphatic heterocycles. The van der Waals surface area contributed by atoms with E-state index in [1.807, 2.05) is 6.08 Å². The third-order valence-corrected chi connectivity index (χ3v) is 9.20. The number of amides is 1. The van der Waals surface area contributed by atoms with Crippen molar-refractivity contribution in [2.75, 3.05) is 6.61 Å². The van der Waals surface area contributed by atoms with Crippen LogP contribution in [0.5, 0.6) is 0 Å². The second kappa shape index (κ2) is 40.5. The van der Waals surface area contributed by atoms with Crippen molar-refractivity contribution in [3.8, 4) is 0 Å². The number of nitrogens with one attached hydrogen (secondary N) is 1. The molecule has 0 fully saturated rings. The normalized spacial score (nSPS) is 13.6. The van der Waals surface area contributed by atoms with Gasteiger partial charge in [-0.05, 0) is 77.0 Å². The van der Waals surface area contributed by atoms with E-state index < -0.39 is 12.1 Å². The molecule has 0 aliphatic carbocycles. The fraction of sp³-hybridized carbons (Fsp3) is 0.756. The molecule has 0 aromatic rings.